The highest BCUT2D eigenvalue weighted by molar-refractivity contribution is 5.32. The number of nitro groups is 1. The van der Waals surface area contributed by atoms with Crippen LogP contribution in [0.25, 0.3) is 0 Å². The van der Waals surface area contributed by atoms with Crippen molar-refractivity contribution in [2.24, 2.45) is 0 Å². The average Bonchev–Trinajstić information content (AvgIpc) is 2.29. The average molecular weight is 220 g/mol. The Bertz CT molecular complexity index is 408. The van der Waals surface area contributed by atoms with E-state index in [0.29, 0.717) is 11.1 Å². The van der Waals surface area contributed by atoms with Crippen molar-refractivity contribution < 1.29 is 10.0 Å². The number of nitrogens with zero attached hydrogens (tertiary/aromatic N) is 2. The molecule has 0 heterocycles. The van der Waals surface area contributed by atoms with E-state index in [1.54, 1.807) is 6.92 Å². The Morgan fingerprint density at radius 3 is 2.44 bits per heavy atom. The van der Waals surface area contributed by atoms with Crippen LogP contribution in [0, 0.1) is 21.4 Å². The van der Waals surface area contributed by atoms with Gasteiger partial charge in [0, 0.05) is 11.3 Å². The predicted octanol–water partition coefficient (Wildman–Crippen LogP) is 1.65. The fraction of sp³-hybridized carbons (Fsp3) is 0.364. The minimum atomic E-state index is -1.13. The second-order valence-corrected chi connectivity index (χ2v) is 3.44. The van der Waals surface area contributed by atoms with Crippen LogP contribution in [0.5, 0.6) is 0 Å². The number of benzene rings is 1. The summed E-state index contributed by atoms with van der Waals surface area (Å²) in [5, 5.41) is 29.0. The zero-order valence-electron chi connectivity index (χ0n) is 8.83. The Balaban J connectivity index is 2.91. The quantitative estimate of drug-likeness (QED) is 0.617. The van der Waals surface area contributed by atoms with Crippen molar-refractivity contribution in [1.29, 1.82) is 5.26 Å². The molecular weight excluding hydrogens is 208 g/mol. The van der Waals surface area contributed by atoms with Crippen molar-refractivity contribution in [2.45, 2.75) is 25.5 Å². The molecule has 0 aliphatic carbocycles. The third kappa shape index (κ3) is 2.55. The lowest BCUT2D eigenvalue weighted by atomic mass is 10.00. The summed E-state index contributed by atoms with van der Waals surface area (Å²) in [6.45, 7) is 1.65. The first-order chi connectivity index (χ1) is 7.60. The van der Waals surface area contributed by atoms with E-state index < -0.39 is 17.1 Å². The Morgan fingerprint density at radius 1 is 1.50 bits per heavy atom. The maximum Gasteiger partial charge on any atom is 0.242 e. The van der Waals surface area contributed by atoms with Gasteiger partial charge in [-0.15, -0.1) is 0 Å². The summed E-state index contributed by atoms with van der Waals surface area (Å²) in [4.78, 5) is 10.2. The van der Waals surface area contributed by atoms with Crippen molar-refractivity contribution in [3.8, 4) is 6.07 Å². The van der Waals surface area contributed by atoms with E-state index in [0.717, 1.165) is 0 Å². The second kappa shape index (κ2) is 5.24. The van der Waals surface area contributed by atoms with Crippen molar-refractivity contribution in [3.05, 3.63) is 45.5 Å². The van der Waals surface area contributed by atoms with Crippen LogP contribution in [-0.4, -0.2) is 16.1 Å². The van der Waals surface area contributed by atoms with Gasteiger partial charge in [0.1, 0.15) is 6.10 Å². The van der Waals surface area contributed by atoms with Gasteiger partial charge in [0.2, 0.25) is 6.04 Å². The number of hydrogen-bond acceptors (Lipinski definition) is 4. The molecule has 84 valence electrons. The molecule has 1 aromatic rings. The van der Waals surface area contributed by atoms with Gasteiger partial charge in [0.05, 0.1) is 11.6 Å². The molecule has 0 aromatic heterocycles. The minimum absolute atomic E-state index is 0.258. The molecule has 1 aromatic carbocycles. The Kier molecular flexibility index (Phi) is 3.97. The fourth-order valence-corrected chi connectivity index (χ4v) is 1.46. The molecule has 16 heavy (non-hydrogen) atoms. The summed E-state index contributed by atoms with van der Waals surface area (Å²) >= 11 is 0. The third-order valence-corrected chi connectivity index (χ3v) is 2.43. The highest BCUT2D eigenvalue weighted by atomic mass is 16.6. The van der Waals surface area contributed by atoms with Crippen molar-refractivity contribution in [1.82, 2.24) is 0 Å². The molecule has 0 aliphatic rings. The zero-order chi connectivity index (χ0) is 12.1. The van der Waals surface area contributed by atoms with Gasteiger partial charge in [-0.2, -0.15) is 5.26 Å². The van der Waals surface area contributed by atoms with Crippen LogP contribution in [0.1, 0.15) is 30.6 Å². The molecule has 0 saturated carbocycles. The van der Waals surface area contributed by atoms with Crippen molar-refractivity contribution in [2.75, 3.05) is 0 Å². The molecule has 0 aliphatic heterocycles. The highest BCUT2D eigenvalue weighted by Crippen LogP contribution is 2.21. The molecular formula is C11H12N2O3. The van der Waals surface area contributed by atoms with E-state index in [9.17, 15) is 15.2 Å². The summed E-state index contributed by atoms with van der Waals surface area (Å²) < 4.78 is 0. The normalized spacial score (nSPS) is 13.8. The van der Waals surface area contributed by atoms with Crippen LogP contribution in [0.2, 0.25) is 0 Å². The molecule has 2 atom stereocenters. The van der Waals surface area contributed by atoms with Crippen LogP contribution in [0.15, 0.2) is 24.3 Å². The van der Waals surface area contributed by atoms with Crippen LogP contribution in [0.4, 0.5) is 0 Å². The lowest BCUT2D eigenvalue weighted by Gasteiger charge is -2.14. The SMILES string of the molecule is CC[C@H]([C@H](O)c1ccc(C#N)cc1)[N+](=O)[O-]. The van der Waals surface area contributed by atoms with Crippen LogP contribution in [-0.2, 0) is 0 Å². The minimum Gasteiger partial charge on any atom is -0.381 e. The molecule has 0 fully saturated rings. The zero-order valence-corrected chi connectivity index (χ0v) is 8.83. The van der Waals surface area contributed by atoms with Gasteiger partial charge < -0.3 is 5.11 Å². The predicted molar refractivity (Wildman–Crippen MR) is 57.2 cm³/mol. The first kappa shape index (κ1) is 12.1. The second-order valence-electron chi connectivity index (χ2n) is 3.44. The van der Waals surface area contributed by atoms with Crippen LogP contribution in [0.3, 0.4) is 0 Å². The Labute approximate surface area is 93.1 Å². The fourth-order valence-electron chi connectivity index (χ4n) is 1.46. The standard InChI is InChI=1S/C11H12N2O3/c1-2-10(13(15)16)11(14)9-5-3-8(7-12)4-6-9/h3-6,10-11,14H,2H2,1H3/t10-,11-/m1/s1. The van der Waals surface area contributed by atoms with Crippen molar-refractivity contribution >= 4 is 0 Å². The summed E-state index contributed by atoms with van der Waals surface area (Å²) in [5.74, 6) is 0. The Morgan fingerprint density at radius 2 is 2.06 bits per heavy atom. The van der Waals surface area contributed by atoms with E-state index in [1.165, 1.54) is 24.3 Å². The molecule has 0 bridgehead atoms. The molecule has 0 spiro atoms. The molecule has 1 rings (SSSR count). The van der Waals surface area contributed by atoms with Gasteiger partial charge in [-0.05, 0) is 17.7 Å². The maximum absolute atomic E-state index is 10.7. The molecule has 0 radical (unpaired) electrons. The highest BCUT2D eigenvalue weighted by Gasteiger charge is 2.28. The first-order valence-corrected chi connectivity index (χ1v) is 4.91. The van der Waals surface area contributed by atoms with Gasteiger partial charge in [0.25, 0.3) is 0 Å². The molecule has 0 saturated heterocycles. The van der Waals surface area contributed by atoms with Gasteiger partial charge in [-0.25, -0.2) is 0 Å². The monoisotopic (exact) mass is 220 g/mol. The van der Waals surface area contributed by atoms with Crippen LogP contribution >= 0.6 is 0 Å². The van der Waals surface area contributed by atoms with Gasteiger partial charge >= 0.3 is 0 Å². The van der Waals surface area contributed by atoms with Crippen LogP contribution < -0.4 is 0 Å². The summed E-state index contributed by atoms with van der Waals surface area (Å²) in [7, 11) is 0. The van der Waals surface area contributed by atoms with E-state index in [-0.39, 0.29) is 6.42 Å². The van der Waals surface area contributed by atoms with Crippen molar-refractivity contribution in [3.63, 3.8) is 0 Å². The number of aliphatic hydroxyl groups excluding tert-OH is 1. The summed E-state index contributed by atoms with van der Waals surface area (Å²) in [5.41, 5.74) is 0.924. The molecule has 0 amide bonds. The molecule has 5 nitrogen and oxygen atoms in total. The molecule has 5 heteroatoms. The first-order valence-electron chi connectivity index (χ1n) is 4.91. The lowest BCUT2D eigenvalue weighted by molar-refractivity contribution is -0.536. The van der Waals surface area contributed by atoms with Gasteiger partial charge in [-0.1, -0.05) is 19.1 Å². The number of rotatable bonds is 4. The maximum atomic E-state index is 10.7. The number of nitriles is 1. The summed E-state index contributed by atoms with van der Waals surface area (Å²) in [6.07, 6.45) is -0.874. The molecule has 0 unspecified atom stereocenters. The van der Waals surface area contributed by atoms with E-state index in [2.05, 4.69) is 0 Å². The Hall–Kier alpha value is -1.93. The van der Waals surface area contributed by atoms with Gasteiger partial charge in [0.15, 0.2) is 0 Å². The van der Waals surface area contributed by atoms with E-state index >= 15 is 0 Å². The number of aliphatic hydroxyl groups is 1. The smallest absolute Gasteiger partial charge is 0.242 e. The largest absolute Gasteiger partial charge is 0.381 e. The number of hydrogen-bond donors (Lipinski definition) is 1. The molecule has 1 N–H and O–H groups in total. The summed E-state index contributed by atoms with van der Waals surface area (Å²) in [6, 6.07) is 7.08. The third-order valence-electron chi connectivity index (χ3n) is 2.43. The van der Waals surface area contributed by atoms with E-state index in [1.807, 2.05) is 6.07 Å². The van der Waals surface area contributed by atoms with E-state index in [4.69, 9.17) is 5.26 Å². The lowest BCUT2D eigenvalue weighted by Crippen LogP contribution is -2.26. The topological polar surface area (TPSA) is 87.2 Å². The van der Waals surface area contributed by atoms with Gasteiger partial charge in [-0.3, -0.25) is 10.1 Å².